The van der Waals surface area contributed by atoms with Gasteiger partial charge in [0.2, 0.25) is 0 Å². The SMILES string of the molecule is Cc1cc(CNc2ccc(CCO)cc2)ccc1F. The molecule has 0 aliphatic rings. The average Bonchev–Trinajstić information content (AvgIpc) is 2.42. The molecule has 2 aromatic carbocycles. The van der Waals surface area contributed by atoms with Gasteiger partial charge in [0.1, 0.15) is 5.82 Å². The van der Waals surface area contributed by atoms with E-state index in [2.05, 4.69) is 5.32 Å². The summed E-state index contributed by atoms with van der Waals surface area (Å²) in [5.41, 5.74) is 3.85. The van der Waals surface area contributed by atoms with Crippen LogP contribution in [0.3, 0.4) is 0 Å². The Morgan fingerprint density at radius 2 is 1.74 bits per heavy atom. The van der Waals surface area contributed by atoms with Gasteiger partial charge in [0.15, 0.2) is 0 Å². The lowest BCUT2D eigenvalue weighted by Crippen LogP contribution is -2.00. The average molecular weight is 259 g/mol. The fraction of sp³-hybridized carbons (Fsp3) is 0.250. The van der Waals surface area contributed by atoms with Crippen molar-refractivity contribution in [1.82, 2.24) is 0 Å². The van der Waals surface area contributed by atoms with Crippen molar-refractivity contribution in [2.24, 2.45) is 0 Å². The Kier molecular flexibility index (Phi) is 4.53. The van der Waals surface area contributed by atoms with E-state index in [0.29, 0.717) is 18.5 Å². The summed E-state index contributed by atoms with van der Waals surface area (Å²) < 4.78 is 13.1. The molecule has 0 aliphatic heterocycles. The van der Waals surface area contributed by atoms with Crippen LogP contribution in [0.1, 0.15) is 16.7 Å². The number of benzene rings is 2. The van der Waals surface area contributed by atoms with Gasteiger partial charge in [0.25, 0.3) is 0 Å². The quantitative estimate of drug-likeness (QED) is 0.863. The molecule has 0 bridgehead atoms. The fourth-order valence-corrected chi connectivity index (χ4v) is 1.94. The van der Waals surface area contributed by atoms with Gasteiger partial charge < -0.3 is 10.4 Å². The molecule has 0 aromatic heterocycles. The third-order valence-corrected chi connectivity index (χ3v) is 3.07. The van der Waals surface area contributed by atoms with Crippen LogP contribution >= 0.6 is 0 Å². The minimum Gasteiger partial charge on any atom is -0.396 e. The highest BCUT2D eigenvalue weighted by Gasteiger charge is 1.99. The van der Waals surface area contributed by atoms with Crippen molar-refractivity contribution in [3.05, 3.63) is 65.0 Å². The van der Waals surface area contributed by atoms with E-state index in [4.69, 9.17) is 5.11 Å². The van der Waals surface area contributed by atoms with E-state index in [1.807, 2.05) is 30.3 Å². The van der Waals surface area contributed by atoms with E-state index in [0.717, 1.165) is 16.8 Å². The monoisotopic (exact) mass is 259 g/mol. The molecule has 19 heavy (non-hydrogen) atoms. The molecular formula is C16H18FNO. The van der Waals surface area contributed by atoms with Crippen molar-refractivity contribution in [2.75, 3.05) is 11.9 Å². The summed E-state index contributed by atoms with van der Waals surface area (Å²) in [6, 6.07) is 13.1. The predicted octanol–water partition coefficient (Wildman–Crippen LogP) is 3.28. The molecule has 3 heteroatoms. The zero-order valence-corrected chi connectivity index (χ0v) is 11.0. The topological polar surface area (TPSA) is 32.3 Å². The van der Waals surface area contributed by atoms with E-state index >= 15 is 0 Å². The van der Waals surface area contributed by atoms with Crippen LogP contribution in [0.5, 0.6) is 0 Å². The molecule has 0 aliphatic carbocycles. The predicted molar refractivity (Wildman–Crippen MR) is 75.7 cm³/mol. The maximum atomic E-state index is 13.1. The van der Waals surface area contributed by atoms with Crippen LogP contribution in [0.25, 0.3) is 0 Å². The lowest BCUT2D eigenvalue weighted by atomic mass is 10.1. The smallest absolute Gasteiger partial charge is 0.126 e. The second kappa shape index (κ2) is 6.34. The number of aliphatic hydroxyl groups excluding tert-OH is 1. The van der Waals surface area contributed by atoms with Gasteiger partial charge in [-0.1, -0.05) is 24.3 Å². The standard InChI is InChI=1S/C16H18FNO/c1-12-10-14(4-7-16(12)17)11-18-15-5-2-13(3-6-15)8-9-19/h2-7,10,18-19H,8-9,11H2,1H3. The van der Waals surface area contributed by atoms with Crippen LogP contribution < -0.4 is 5.32 Å². The third kappa shape index (κ3) is 3.80. The molecule has 0 saturated heterocycles. The highest BCUT2D eigenvalue weighted by atomic mass is 19.1. The van der Waals surface area contributed by atoms with Gasteiger partial charge in [-0.3, -0.25) is 0 Å². The zero-order chi connectivity index (χ0) is 13.7. The Bertz CT molecular complexity index is 537. The fourth-order valence-electron chi connectivity index (χ4n) is 1.94. The summed E-state index contributed by atoms with van der Waals surface area (Å²) in [5.74, 6) is -0.169. The summed E-state index contributed by atoms with van der Waals surface area (Å²) in [5, 5.41) is 12.1. The normalized spacial score (nSPS) is 10.5. The lowest BCUT2D eigenvalue weighted by Gasteiger charge is -2.08. The zero-order valence-electron chi connectivity index (χ0n) is 11.0. The van der Waals surface area contributed by atoms with Crippen molar-refractivity contribution >= 4 is 5.69 Å². The van der Waals surface area contributed by atoms with Gasteiger partial charge >= 0.3 is 0 Å². The Morgan fingerprint density at radius 1 is 1.05 bits per heavy atom. The van der Waals surface area contributed by atoms with Crippen molar-refractivity contribution in [2.45, 2.75) is 19.9 Å². The molecule has 0 amide bonds. The van der Waals surface area contributed by atoms with Crippen LogP contribution in [0.4, 0.5) is 10.1 Å². The van der Waals surface area contributed by atoms with Gasteiger partial charge in [-0.25, -0.2) is 4.39 Å². The maximum Gasteiger partial charge on any atom is 0.126 e. The molecule has 0 atom stereocenters. The number of anilines is 1. The number of hydrogen-bond acceptors (Lipinski definition) is 2. The Morgan fingerprint density at radius 3 is 2.37 bits per heavy atom. The van der Waals surface area contributed by atoms with Gasteiger partial charge in [-0.05, 0) is 48.2 Å². The van der Waals surface area contributed by atoms with Gasteiger partial charge in [-0.2, -0.15) is 0 Å². The number of rotatable bonds is 5. The third-order valence-electron chi connectivity index (χ3n) is 3.07. The highest BCUT2D eigenvalue weighted by molar-refractivity contribution is 5.45. The largest absolute Gasteiger partial charge is 0.396 e. The molecule has 2 N–H and O–H groups in total. The number of aliphatic hydroxyl groups is 1. The minimum absolute atomic E-state index is 0.168. The molecule has 2 aromatic rings. The van der Waals surface area contributed by atoms with Crippen molar-refractivity contribution in [3.63, 3.8) is 0 Å². The molecule has 100 valence electrons. The number of nitrogens with one attached hydrogen (secondary N) is 1. The Hall–Kier alpha value is -1.87. The lowest BCUT2D eigenvalue weighted by molar-refractivity contribution is 0.299. The maximum absolute atomic E-state index is 13.1. The summed E-state index contributed by atoms with van der Waals surface area (Å²) >= 11 is 0. The van der Waals surface area contributed by atoms with E-state index < -0.39 is 0 Å². The molecule has 0 radical (unpaired) electrons. The van der Waals surface area contributed by atoms with Gasteiger partial charge in [-0.15, -0.1) is 0 Å². The molecule has 0 unspecified atom stereocenters. The Labute approximate surface area is 112 Å². The van der Waals surface area contributed by atoms with Crippen LogP contribution in [0.2, 0.25) is 0 Å². The van der Waals surface area contributed by atoms with Crippen LogP contribution in [-0.4, -0.2) is 11.7 Å². The first-order valence-corrected chi connectivity index (χ1v) is 6.38. The van der Waals surface area contributed by atoms with Gasteiger partial charge in [0.05, 0.1) is 0 Å². The van der Waals surface area contributed by atoms with E-state index in [1.54, 1.807) is 13.0 Å². The summed E-state index contributed by atoms with van der Waals surface area (Å²) in [7, 11) is 0. The van der Waals surface area contributed by atoms with Crippen LogP contribution in [0, 0.1) is 12.7 Å². The van der Waals surface area contributed by atoms with Crippen molar-refractivity contribution in [3.8, 4) is 0 Å². The summed E-state index contributed by atoms with van der Waals surface area (Å²) in [6.45, 7) is 2.60. The van der Waals surface area contributed by atoms with Crippen LogP contribution in [-0.2, 0) is 13.0 Å². The van der Waals surface area contributed by atoms with E-state index in [-0.39, 0.29) is 12.4 Å². The molecule has 0 saturated carbocycles. The molecule has 0 spiro atoms. The molecule has 2 rings (SSSR count). The van der Waals surface area contributed by atoms with Gasteiger partial charge in [0, 0.05) is 18.8 Å². The number of hydrogen-bond donors (Lipinski definition) is 2. The second-order valence-corrected chi connectivity index (χ2v) is 4.61. The highest BCUT2D eigenvalue weighted by Crippen LogP contribution is 2.13. The van der Waals surface area contributed by atoms with Crippen molar-refractivity contribution < 1.29 is 9.50 Å². The summed E-state index contributed by atoms with van der Waals surface area (Å²) in [6.07, 6.45) is 0.678. The number of halogens is 1. The van der Waals surface area contributed by atoms with Crippen molar-refractivity contribution in [1.29, 1.82) is 0 Å². The van der Waals surface area contributed by atoms with E-state index in [1.165, 1.54) is 6.07 Å². The molecule has 0 fully saturated rings. The first-order chi connectivity index (χ1) is 9.19. The minimum atomic E-state index is -0.169. The Balaban J connectivity index is 1.96. The number of aryl methyl sites for hydroxylation is 1. The molecule has 2 nitrogen and oxygen atoms in total. The molecular weight excluding hydrogens is 241 g/mol. The van der Waals surface area contributed by atoms with E-state index in [9.17, 15) is 4.39 Å². The second-order valence-electron chi connectivity index (χ2n) is 4.61. The first-order valence-electron chi connectivity index (χ1n) is 6.38. The molecule has 0 heterocycles. The summed E-state index contributed by atoms with van der Waals surface area (Å²) in [4.78, 5) is 0. The van der Waals surface area contributed by atoms with Crippen LogP contribution in [0.15, 0.2) is 42.5 Å². The first kappa shape index (κ1) is 13.6.